The quantitative estimate of drug-likeness (QED) is 0.700. The zero-order chi connectivity index (χ0) is 20.1. The molecule has 0 spiro atoms. The number of aromatic amines is 1. The van der Waals surface area contributed by atoms with Crippen molar-refractivity contribution in [3.05, 3.63) is 57.5 Å². The molecule has 7 nitrogen and oxygen atoms in total. The molecule has 0 radical (unpaired) electrons. The molecule has 8 heteroatoms. The van der Waals surface area contributed by atoms with E-state index in [0.717, 1.165) is 23.5 Å². The number of H-pyrrole nitrogens is 1. The van der Waals surface area contributed by atoms with E-state index >= 15 is 0 Å². The van der Waals surface area contributed by atoms with Crippen LogP contribution in [0.1, 0.15) is 48.2 Å². The van der Waals surface area contributed by atoms with Gasteiger partial charge in [0.15, 0.2) is 0 Å². The third-order valence-corrected chi connectivity index (χ3v) is 5.25. The summed E-state index contributed by atoms with van der Waals surface area (Å²) in [6.45, 7) is 2.72. The first-order valence-electron chi connectivity index (χ1n) is 9.40. The first kappa shape index (κ1) is 20.1. The van der Waals surface area contributed by atoms with Crippen LogP contribution in [0.15, 0.2) is 35.5 Å². The van der Waals surface area contributed by atoms with Crippen LogP contribution in [0.4, 0.5) is 0 Å². The highest BCUT2D eigenvalue weighted by atomic mass is 35.5. The molecule has 1 aliphatic carbocycles. The minimum absolute atomic E-state index is 0.263. The van der Waals surface area contributed by atoms with Crippen LogP contribution in [0.25, 0.3) is 11.0 Å². The van der Waals surface area contributed by atoms with Gasteiger partial charge in [0.2, 0.25) is 0 Å². The molecule has 0 atom stereocenters. The largest absolute Gasteiger partial charge is 0.366 e. The van der Waals surface area contributed by atoms with Gasteiger partial charge in [-0.1, -0.05) is 30.9 Å². The van der Waals surface area contributed by atoms with Crippen LogP contribution < -0.4 is 11.4 Å². The number of aromatic nitrogens is 4. The Morgan fingerprint density at radius 2 is 2.04 bits per heavy atom. The van der Waals surface area contributed by atoms with Crippen molar-refractivity contribution < 1.29 is 4.79 Å². The number of fused-ring (bicyclic) bond motifs is 1. The monoisotopic (exact) mass is 401 g/mol. The van der Waals surface area contributed by atoms with E-state index in [1.54, 1.807) is 13.1 Å². The predicted octanol–water partition coefficient (Wildman–Crippen LogP) is 3.45. The summed E-state index contributed by atoms with van der Waals surface area (Å²) in [4.78, 5) is 32.4. The molecule has 3 aromatic heterocycles. The molecule has 1 amide bonds. The molecule has 28 heavy (non-hydrogen) atoms. The summed E-state index contributed by atoms with van der Waals surface area (Å²) in [5.41, 5.74) is 6.67. The molecule has 3 heterocycles. The number of primary amides is 1. The first-order chi connectivity index (χ1) is 13.4. The Morgan fingerprint density at radius 1 is 1.29 bits per heavy atom. The number of aryl methyl sites for hydroxylation is 1. The summed E-state index contributed by atoms with van der Waals surface area (Å²) in [6, 6.07) is 3.52. The van der Waals surface area contributed by atoms with Crippen molar-refractivity contribution in [2.45, 2.75) is 45.6 Å². The second-order valence-electron chi connectivity index (χ2n) is 7.12. The van der Waals surface area contributed by atoms with Crippen LogP contribution in [0.2, 0.25) is 5.02 Å². The van der Waals surface area contributed by atoms with Crippen molar-refractivity contribution in [1.82, 2.24) is 19.5 Å². The van der Waals surface area contributed by atoms with E-state index in [1.807, 2.05) is 6.07 Å². The SMILES string of the molecule is Cc1ncc(Cl)cc1C(N)=O.O=c1ncc2ccn(CC3CCCCC3)c2[nH]1. The third-order valence-electron chi connectivity index (χ3n) is 5.04. The van der Waals surface area contributed by atoms with Gasteiger partial charge in [-0.2, -0.15) is 0 Å². The van der Waals surface area contributed by atoms with Crippen molar-refractivity contribution in [3.63, 3.8) is 0 Å². The van der Waals surface area contributed by atoms with Gasteiger partial charge < -0.3 is 10.3 Å². The molecule has 1 saturated carbocycles. The van der Waals surface area contributed by atoms with Gasteiger partial charge in [0.1, 0.15) is 5.65 Å². The number of hydrogen-bond acceptors (Lipinski definition) is 4. The highest BCUT2D eigenvalue weighted by Crippen LogP contribution is 2.26. The lowest BCUT2D eigenvalue weighted by Gasteiger charge is -2.22. The minimum Gasteiger partial charge on any atom is -0.366 e. The van der Waals surface area contributed by atoms with Crippen LogP contribution >= 0.6 is 11.6 Å². The number of nitrogens with two attached hydrogens (primary N) is 1. The molecule has 4 rings (SSSR count). The zero-order valence-electron chi connectivity index (χ0n) is 15.8. The van der Waals surface area contributed by atoms with Crippen LogP contribution in [0, 0.1) is 12.8 Å². The second-order valence-corrected chi connectivity index (χ2v) is 7.55. The number of pyridine rings is 1. The molecule has 0 aromatic carbocycles. The average Bonchev–Trinajstić information content (AvgIpc) is 3.07. The average molecular weight is 402 g/mol. The van der Waals surface area contributed by atoms with Crippen LogP contribution in [0.5, 0.6) is 0 Å². The maximum absolute atomic E-state index is 11.2. The molecule has 0 unspecified atom stereocenters. The van der Waals surface area contributed by atoms with Crippen molar-refractivity contribution in [3.8, 4) is 0 Å². The second kappa shape index (κ2) is 9.01. The minimum atomic E-state index is -0.502. The van der Waals surface area contributed by atoms with Crippen LogP contribution in [-0.2, 0) is 6.54 Å². The van der Waals surface area contributed by atoms with E-state index in [2.05, 4.69) is 25.7 Å². The highest BCUT2D eigenvalue weighted by Gasteiger charge is 2.15. The van der Waals surface area contributed by atoms with Crippen LogP contribution in [-0.4, -0.2) is 25.4 Å². The topological polar surface area (TPSA) is 107 Å². The van der Waals surface area contributed by atoms with Gasteiger partial charge in [-0.25, -0.2) is 9.78 Å². The van der Waals surface area contributed by atoms with Gasteiger partial charge in [0.25, 0.3) is 5.91 Å². The summed E-state index contributed by atoms with van der Waals surface area (Å²) in [7, 11) is 0. The number of carbonyl (C=O) groups is 1. The number of carbonyl (C=O) groups excluding carboxylic acids is 1. The van der Waals surface area contributed by atoms with Crippen molar-refractivity contribution in [2.24, 2.45) is 11.7 Å². The van der Waals surface area contributed by atoms with E-state index in [4.69, 9.17) is 17.3 Å². The van der Waals surface area contributed by atoms with Gasteiger partial charge in [0.05, 0.1) is 16.3 Å². The lowest BCUT2D eigenvalue weighted by Crippen LogP contribution is -2.16. The van der Waals surface area contributed by atoms with Crippen molar-refractivity contribution in [1.29, 1.82) is 0 Å². The smallest absolute Gasteiger partial charge is 0.346 e. The standard InChI is InChI=1S/C13H17N3O.C7H7ClN2O/c17-13-14-8-11-6-7-16(12(11)15-13)9-10-4-2-1-3-5-10;1-4-6(7(9)11)2-5(8)3-10-4/h6-8,10H,1-5,9H2,(H,14,15,17);2-3H,1H3,(H2,9,11). The van der Waals surface area contributed by atoms with Gasteiger partial charge in [-0.15, -0.1) is 0 Å². The molecule has 3 aromatic rings. The van der Waals surface area contributed by atoms with Gasteiger partial charge in [-0.3, -0.25) is 14.8 Å². The Hall–Kier alpha value is -2.67. The molecule has 1 aliphatic rings. The Balaban J connectivity index is 0.000000178. The fourth-order valence-electron chi connectivity index (χ4n) is 3.56. The van der Waals surface area contributed by atoms with E-state index < -0.39 is 5.91 Å². The van der Waals surface area contributed by atoms with Crippen molar-refractivity contribution in [2.75, 3.05) is 0 Å². The van der Waals surface area contributed by atoms with Gasteiger partial charge >= 0.3 is 5.69 Å². The normalized spacial score (nSPS) is 14.5. The molecule has 0 bridgehead atoms. The Kier molecular flexibility index (Phi) is 6.46. The molecule has 0 saturated heterocycles. The highest BCUT2D eigenvalue weighted by molar-refractivity contribution is 6.30. The Morgan fingerprint density at radius 3 is 2.71 bits per heavy atom. The van der Waals surface area contributed by atoms with E-state index in [-0.39, 0.29) is 5.69 Å². The number of hydrogen-bond donors (Lipinski definition) is 2. The molecular formula is C20H24ClN5O2. The summed E-state index contributed by atoms with van der Waals surface area (Å²) in [5.74, 6) is 0.258. The Bertz CT molecular complexity index is 1020. The lowest BCUT2D eigenvalue weighted by atomic mass is 9.89. The summed E-state index contributed by atoms with van der Waals surface area (Å²) in [6.07, 6.45) is 11.9. The predicted molar refractivity (Wildman–Crippen MR) is 109 cm³/mol. The number of rotatable bonds is 3. The molecular weight excluding hydrogens is 378 g/mol. The van der Waals surface area contributed by atoms with Crippen LogP contribution in [0.3, 0.4) is 0 Å². The van der Waals surface area contributed by atoms with E-state index in [1.165, 1.54) is 44.4 Å². The van der Waals surface area contributed by atoms with E-state index in [9.17, 15) is 9.59 Å². The summed E-state index contributed by atoms with van der Waals surface area (Å²) >= 11 is 5.59. The zero-order valence-corrected chi connectivity index (χ0v) is 16.6. The number of nitrogens with one attached hydrogen (secondary N) is 1. The third kappa shape index (κ3) is 4.98. The molecule has 0 aliphatic heterocycles. The molecule has 148 valence electrons. The lowest BCUT2D eigenvalue weighted by molar-refractivity contribution is 0.0999. The maximum atomic E-state index is 11.2. The fraction of sp³-hybridized carbons (Fsp3) is 0.400. The first-order valence-corrected chi connectivity index (χ1v) is 9.78. The summed E-state index contributed by atoms with van der Waals surface area (Å²) in [5, 5.41) is 1.44. The molecule has 1 fully saturated rings. The van der Waals surface area contributed by atoms with Gasteiger partial charge in [-0.05, 0) is 37.8 Å². The number of amides is 1. The maximum Gasteiger partial charge on any atom is 0.346 e. The fourth-order valence-corrected chi connectivity index (χ4v) is 3.71. The molecule has 3 N–H and O–H groups in total. The summed E-state index contributed by atoms with van der Waals surface area (Å²) < 4.78 is 2.16. The van der Waals surface area contributed by atoms with Gasteiger partial charge in [0, 0.05) is 30.5 Å². The number of halogens is 1. The van der Waals surface area contributed by atoms with Crippen molar-refractivity contribution >= 4 is 28.5 Å². The number of nitrogens with zero attached hydrogens (tertiary/aromatic N) is 3. The van der Waals surface area contributed by atoms with E-state index in [0.29, 0.717) is 16.3 Å². The Labute approximate surface area is 167 Å².